The molecule has 2 unspecified atom stereocenters. The van der Waals surface area contributed by atoms with Gasteiger partial charge in [0.2, 0.25) is 6.79 Å². The molecule has 0 aromatic heterocycles. The molecule has 1 fully saturated rings. The highest BCUT2D eigenvalue weighted by Gasteiger charge is 2.57. The Labute approximate surface area is 297 Å². The van der Waals surface area contributed by atoms with Crippen molar-refractivity contribution in [1.82, 2.24) is 9.80 Å². The summed E-state index contributed by atoms with van der Waals surface area (Å²) in [6, 6.07) is 12.1. The third-order valence-corrected chi connectivity index (χ3v) is 10.4. The van der Waals surface area contributed by atoms with E-state index in [1.54, 1.807) is 20.3 Å². The molecule has 0 aliphatic carbocycles. The van der Waals surface area contributed by atoms with E-state index in [9.17, 15) is 14.9 Å². The first-order valence-electron chi connectivity index (χ1n) is 16.9. The minimum atomic E-state index is -0.654. The number of ether oxygens (including phenoxy) is 7. The van der Waals surface area contributed by atoms with E-state index in [0.29, 0.717) is 52.7 Å². The Hall–Kier alpha value is -5.09. The Balaban J connectivity index is 1.40. The van der Waals surface area contributed by atoms with Gasteiger partial charge in [-0.1, -0.05) is 36.4 Å². The zero-order valence-corrected chi connectivity index (χ0v) is 29.6. The van der Waals surface area contributed by atoms with Gasteiger partial charge in [-0.05, 0) is 56.5 Å². The van der Waals surface area contributed by atoms with Crippen molar-refractivity contribution in [3.8, 4) is 34.8 Å². The van der Waals surface area contributed by atoms with Gasteiger partial charge in [0.05, 0.1) is 25.3 Å². The van der Waals surface area contributed by atoms with Crippen LogP contribution in [0.4, 0.5) is 0 Å². The summed E-state index contributed by atoms with van der Waals surface area (Å²) in [5, 5.41) is 11.0. The summed E-state index contributed by atoms with van der Waals surface area (Å²) in [4.78, 5) is 30.3. The molecule has 0 spiro atoms. The fourth-order valence-electron chi connectivity index (χ4n) is 8.45. The minimum Gasteiger partial charge on any atom is -0.493 e. The summed E-state index contributed by atoms with van der Waals surface area (Å²) < 4.78 is 41.5. The maximum Gasteiger partial charge on any atom is 0.330 e. The Morgan fingerprint density at radius 1 is 1.02 bits per heavy atom. The van der Waals surface area contributed by atoms with Gasteiger partial charge in [0, 0.05) is 54.4 Å². The number of benzene rings is 3. The average molecular weight is 696 g/mol. The van der Waals surface area contributed by atoms with Gasteiger partial charge < -0.3 is 33.2 Å². The lowest BCUT2D eigenvalue weighted by Gasteiger charge is -2.59. The minimum absolute atomic E-state index is 0.0124. The molecule has 3 aromatic rings. The van der Waals surface area contributed by atoms with Crippen LogP contribution in [0.2, 0.25) is 0 Å². The van der Waals surface area contributed by atoms with Gasteiger partial charge in [-0.3, -0.25) is 14.6 Å². The molecule has 0 N–H and O–H groups in total. The summed E-state index contributed by atoms with van der Waals surface area (Å²) in [6.07, 6.45) is 4.04. The molecule has 12 heteroatoms. The van der Waals surface area contributed by atoms with E-state index in [1.165, 1.54) is 13.0 Å². The molecule has 4 aliphatic heterocycles. The van der Waals surface area contributed by atoms with Crippen LogP contribution in [0.25, 0.3) is 6.08 Å². The zero-order valence-electron chi connectivity index (χ0n) is 29.6. The number of likely N-dealkylation sites (N-methyl/N-ethyl adjacent to an activating group) is 1. The molecule has 0 radical (unpaired) electrons. The molecule has 3 aromatic carbocycles. The summed E-state index contributed by atoms with van der Waals surface area (Å²) >= 11 is 0. The van der Waals surface area contributed by atoms with Crippen LogP contribution in [0, 0.1) is 25.2 Å². The standard InChI is InChI=1S/C39H41N3O9/c1-21-14-25-15-27-29(17-40)42-28(34(41(27)4)32(25)38(35(21)46-6)48-19-45-5)16-26-33(39-37(49-20-50-39)22(2)36(26)51-23(3)43)30(42)18-47-31(44)13-12-24-10-8-7-9-11-24/h7-14,27-30,34H,15-16,18-20H2,1-6H3/t27-,28?,29-,30-,34?/m0/s1. The highest BCUT2D eigenvalue weighted by atomic mass is 16.7. The van der Waals surface area contributed by atoms with Crippen LogP contribution >= 0.6 is 0 Å². The van der Waals surface area contributed by atoms with Crippen LogP contribution in [0.1, 0.15) is 58.0 Å². The Morgan fingerprint density at radius 2 is 1.78 bits per heavy atom. The predicted molar refractivity (Wildman–Crippen MR) is 185 cm³/mol. The summed E-state index contributed by atoms with van der Waals surface area (Å²) in [5.74, 6) is 1.53. The van der Waals surface area contributed by atoms with E-state index in [2.05, 4.69) is 21.9 Å². The second-order valence-electron chi connectivity index (χ2n) is 13.2. The van der Waals surface area contributed by atoms with Gasteiger partial charge in [0.1, 0.15) is 18.4 Å². The van der Waals surface area contributed by atoms with Crippen LogP contribution < -0.4 is 23.7 Å². The number of methoxy groups -OCH3 is 2. The number of hydrogen-bond donors (Lipinski definition) is 0. The second kappa shape index (κ2) is 13.9. The van der Waals surface area contributed by atoms with E-state index in [0.717, 1.165) is 27.8 Å². The number of carbonyl (C=O) groups is 2. The molecule has 4 aliphatic rings. The Kier molecular flexibility index (Phi) is 9.37. The highest BCUT2D eigenvalue weighted by Crippen LogP contribution is 2.58. The molecule has 266 valence electrons. The van der Waals surface area contributed by atoms with E-state index < -0.39 is 24.0 Å². The van der Waals surface area contributed by atoms with Gasteiger partial charge in [0.15, 0.2) is 29.8 Å². The lowest BCUT2D eigenvalue weighted by Crippen LogP contribution is -2.68. The first-order valence-corrected chi connectivity index (χ1v) is 16.9. The van der Waals surface area contributed by atoms with Crippen LogP contribution in [-0.2, 0) is 31.9 Å². The van der Waals surface area contributed by atoms with Gasteiger partial charge in [-0.2, -0.15) is 5.26 Å². The van der Waals surface area contributed by atoms with Crippen LogP contribution in [0.3, 0.4) is 0 Å². The van der Waals surface area contributed by atoms with E-state index >= 15 is 0 Å². The number of carbonyl (C=O) groups excluding carboxylic acids is 2. The topological polar surface area (TPSA) is 129 Å². The number of nitriles is 1. The molecule has 0 amide bonds. The first-order chi connectivity index (χ1) is 24.7. The lowest BCUT2D eigenvalue weighted by molar-refractivity contribution is -0.143. The molecule has 7 rings (SSSR count). The Morgan fingerprint density at radius 3 is 2.49 bits per heavy atom. The molecule has 5 atom stereocenters. The third-order valence-electron chi connectivity index (χ3n) is 10.4. The zero-order chi connectivity index (χ0) is 36.0. The number of nitrogens with zero attached hydrogens (tertiary/aromatic N) is 3. The van der Waals surface area contributed by atoms with Crippen molar-refractivity contribution in [1.29, 1.82) is 5.26 Å². The number of piperazine rings is 1. The quantitative estimate of drug-likeness (QED) is 0.130. The lowest BCUT2D eigenvalue weighted by atomic mass is 9.71. The number of fused-ring (bicyclic) bond motifs is 9. The predicted octanol–water partition coefficient (Wildman–Crippen LogP) is 4.98. The summed E-state index contributed by atoms with van der Waals surface area (Å²) in [7, 11) is 5.22. The number of rotatable bonds is 9. The monoisotopic (exact) mass is 695 g/mol. The summed E-state index contributed by atoms with van der Waals surface area (Å²) in [6.45, 7) is 5.06. The van der Waals surface area contributed by atoms with Gasteiger partial charge in [-0.25, -0.2) is 4.79 Å². The van der Waals surface area contributed by atoms with Crippen LogP contribution in [0.5, 0.6) is 28.7 Å². The summed E-state index contributed by atoms with van der Waals surface area (Å²) in [5.41, 5.74) is 5.83. The number of esters is 2. The molecule has 0 saturated carbocycles. The normalized spacial score (nSPS) is 23.1. The maximum absolute atomic E-state index is 13.3. The second-order valence-corrected chi connectivity index (χ2v) is 13.2. The number of hydrogen-bond acceptors (Lipinski definition) is 12. The van der Waals surface area contributed by atoms with Crippen molar-refractivity contribution < 1.29 is 42.7 Å². The van der Waals surface area contributed by atoms with Crippen molar-refractivity contribution in [2.75, 3.05) is 41.5 Å². The van der Waals surface area contributed by atoms with Crippen molar-refractivity contribution in [2.45, 2.75) is 63.8 Å². The fourth-order valence-corrected chi connectivity index (χ4v) is 8.45. The SMILES string of the molecule is COCOc1c(OC)c(C)cc2c1C1C3Cc4c(OC(C)=O)c(C)c5c(c4[C@H](COC(=O)C=Cc4ccccc4)N3[C@@H](C#N)[C@H](C2)N1C)OCO5. The first kappa shape index (κ1) is 34.4. The third kappa shape index (κ3) is 5.85. The number of aryl methyl sites for hydroxylation is 1. The van der Waals surface area contributed by atoms with E-state index in [-0.39, 0.29) is 38.3 Å². The highest BCUT2D eigenvalue weighted by molar-refractivity contribution is 5.87. The molecular formula is C39H41N3O9. The average Bonchev–Trinajstić information content (AvgIpc) is 3.61. The van der Waals surface area contributed by atoms with E-state index in [1.807, 2.05) is 51.2 Å². The fraction of sp³-hybridized carbons (Fsp3) is 0.410. The van der Waals surface area contributed by atoms with Gasteiger partial charge in [-0.15, -0.1) is 0 Å². The molecule has 12 nitrogen and oxygen atoms in total. The van der Waals surface area contributed by atoms with Crippen molar-refractivity contribution in [3.05, 3.63) is 81.4 Å². The van der Waals surface area contributed by atoms with Gasteiger partial charge in [0.25, 0.3) is 0 Å². The molecule has 4 heterocycles. The van der Waals surface area contributed by atoms with Crippen molar-refractivity contribution >= 4 is 18.0 Å². The largest absolute Gasteiger partial charge is 0.493 e. The molecule has 51 heavy (non-hydrogen) atoms. The van der Waals surface area contributed by atoms with Crippen LogP contribution in [0.15, 0.2) is 42.5 Å². The Bertz CT molecular complexity index is 1940. The molecular weight excluding hydrogens is 654 g/mol. The molecule has 2 bridgehead atoms. The van der Waals surface area contributed by atoms with Crippen molar-refractivity contribution in [2.24, 2.45) is 0 Å². The van der Waals surface area contributed by atoms with Crippen LogP contribution in [-0.4, -0.2) is 81.3 Å². The van der Waals surface area contributed by atoms with Gasteiger partial charge >= 0.3 is 11.9 Å². The smallest absolute Gasteiger partial charge is 0.330 e. The maximum atomic E-state index is 13.3. The van der Waals surface area contributed by atoms with E-state index in [4.69, 9.17) is 33.2 Å². The molecule has 1 saturated heterocycles. The van der Waals surface area contributed by atoms with Crippen molar-refractivity contribution in [3.63, 3.8) is 0 Å².